The monoisotopic (exact) mass is 274 g/mol. The molecule has 0 saturated heterocycles. The van der Waals surface area contributed by atoms with E-state index in [1.54, 1.807) is 6.20 Å². The van der Waals surface area contributed by atoms with Gasteiger partial charge in [0.25, 0.3) is 0 Å². The number of aliphatic hydroxyl groups excluding tert-OH is 1. The van der Waals surface area contributed by atoms with Crippen molar-refractivity contribution in [2.24, 2.45) is 0 Å². The molecule has 0 fully saturated rings. The molecule has 0 spiro atoms. The summed E-state index contributed by atoms with van der Waals surface area (Å²) in [5.41, 5.74) is 1.62. The van der Waals surface area contributed by atoms with Crippen molar-refractivity contribution in [2.75, 3.05) is 6.54 Å². The SMILES string of the molecule is CC(C)(C)NC[C@H](O)Cn1cc(C=O)c2ccccc21. The second kappa shape index (κ2) is 5.77. The van der Waals surface area contributed by atoms with Gasteiger partial charge < -0.3 is 15.0 Å². The minimum Gasteiger partial charge on any atom is -0.390 e. The number of carbonyl (C=O) groups is 1. The largest absolute Gasteiger partial charge is 0.390 e. The summed E-state index contributed by atoms with van der Waals surface area (Å²) in [7, 11) is 0. The Morgan fingerprint density at radius 3 is 2.70 bits per heavy atom. The van der Waals surface area contributed by atoms with Crippen LogP contribution in [0.25, 0.3) is 10.9 Å². The van der Waals surface area contributed by atoms with Gasteiger partial charge in [-0.3, -0.25) is 4.79 Å². The molecule has 4 heteroatoms. The fraction of sp³-hybridized carbons (Fsp3) is 0.438. The first kappa shape index (κ1) is 14.8. The summed E-state index contributed by atoms with van der Waals surface area (Å²) in [4.78, 5) is 11.1. The highest BCUT2D eigenvalue weighted by Crippen LogP contribution is 2.20. The highest BCUT2D eigenvalue weighted by Gasteiger charge is 2.14. The van der Waals surface area contributed by atoms with Gasteiger partial charge in [0.15, 0.2) is 6.29 Å². The van der Waals surface area contributed by atoms with E-state index in [9.17, 15) is 9.90 Å². The summed E-state index contributed by atoms with van der Waals surface area (Å²) in [6.45, 7) is 7.18. The number of hydrogen-bond acceptors (Lipinski definition) is 3. The highest BCUT2D eigenvalue weighted by atomic mass is 16.3. The topological polar surface area (TPSA) is 54.3 Å². The number of para-hydroxylation sites is 1. The fourth-order valence-electron chi connectivity index (χ4n) is 2.24. The molecule has 4 nitrogen and oxygen atoms in total. The second-order valence-corrected chi connectivity index (χ2v) is 6.16. The lowest BCUT2D eigenvalue weighted by Crippen LogP contribution is -2.41. The van der Waals surface area contributed by atoms with Crippen molar-refractivity contribution >= 4 is 17.2 Å². The van der Waals surface area contributed by atoms with E-state index in [0.717, 1.165) is 17.2 Å². The number of aldehydes is 1. The Bertz CT molecular complexity index is 596. The smallest absolute Gasteiger partial charge is 0.152 e. The third-order valence-electron chi connectivity index (χ3n) is 3.22. The lowest BCUT2D eigenvalue weighted by Gasteiger charge is -2.23. The number of aliphatic hydroxyl groups is 1. The van der Waals surface area contributed by atoms with Gasteiger partial charge in [-0.25, -0.2) is 0 Å². The number of rotatable bonds is 5. The maximum Gasteiger partial charge on any atom is 0.152 e. The first-order chi connectivity index (χ1) is 9.40. The van der Waals surface area contributed by atoms with Crippen LogP contribution in [0.4, 0.5) is 0 Å². The number of nitrogens with one attached hydrogen (secondary N) is 1. The fourth-order valence-corrected chi connectivity index (χ4v) is 2.24. The maximum atomic E-state index is 11.1. The van der Waals surface area contributed by atoms with E-state index >= 15 is 0 Å². The van der Waals surface area contributed by atoms with Crippen LogP contribution in [0.5, 0.6) is 0 Å². The minimum atomic E-state index is -0.496. The average Bonchev–Trinajstić information content (AvgIpc) is 2.74. The molecule has 20 heavy (non-hydrogen) atoms. The van der Waals surface area contributed by atoms with E-state index in [0.29, 0.717) is 18.7 Å². The zero-order valence-electron chi connectivity index (χ0n) is 12.3. The van der Waals surface area contributed by atoms with Crippen LogP contribution in [0.1, 0.15) is 31.1 Å². The molecule has 0 radical (unpaired) electrons. The Morgan fingerprint density at radius 2 is 2.05 bits per heavy atom. The summed E-state index contributed by atoms with van der Waals surface area (Å²) in [6.07, 6.45) is 2.17. The summed E-state index contributed by atoms with van der Waals surface area (Å²) >= 11 is 0. The Hall–Kier alpha value is -1.65. The van der Waals surface area contributed by atoms with Crippen molar-refractivity contribution in [3.05, 3.63) is 36.0 Å². The van der Waals surface area contributed by atoms with Crippen molar-refractivity contribution in [3.63, 3.8) is 0 Å². The molecular weight excluding hydrogens is 252 g/mol. The van der Waals surface area contributed by atoms with Crippen LogP contribution in [0.3, 0.4) is 0 Å². The van der Waals surface area contributed by atoms with Gasteiger partial charge in [0.05, 0.1) is 6.10 Å². The zero-order valence-corrected chi connectivity index (χ0v) is 12.3. The van der Waals surface area contributed by atoms with Crippen LogP contribution in [0.2, 0.25) is 0 Å². The summed E-state index contributed by atoms with van der Waals surface area (Å²) in [6, 6.07) is 7.74. The molecule has 0 saturated carbocycles. The Morgan fingerprint density at radius 1 is 1.35 bits per heavy atom. The van der Waals surface area contributed by atoms with Gasteiger partial charge in [-0.05, 0) is 26.8 Å². The number of fused-ring (bicyclic) bond motifs is 1. The number of nitrogens with zero attached hydrogens (tertiary/aromatic N) is 1. The van der Waals surface area contributed by atoms with Gasteiger partial charge in [-0.1, -0.05) is 18.2 Å². The lowest BCUT2D eigenvalue weighted by molar-refractivity contribution is 0.112. The minimum absolute atomic E-state index is 0.0201. The third kappa shape index (κ3) is 3.46. The molecule has 0 bridgehead atoms. The van der Waals surface area contributed by atoms with Crippen LogP contribution < -0.4 is 5.32 Å². The van der Waals surface area contributed by atoms with E-state index in [2.05, 4.69) is 26.1 Å². The highest BCUT2D eigenvalue weighted by molar-refractivity contribution is 5.97. The van der Waals surface area contributed by atoms with Crippen molar-refractivity contribution in [2.45, 2.75) is 39.0 Å². The van der Waals surface area contributed by atoms with Gasteiger partial charge >= 0.3 is 0 Å². The van der Waals surface area contributed by atoms with Gasteiger partial charge in [-0.2, -0.15) is 0 Å². The second-order valence-electron chi connectivity index (χ2n) is 6.16. The molecule has 0 unspecified atom stereocenters. The molecule has 0 aliphatic carbocycles. The van der Waals surface area contributed by atoms with E-state index in [1.807, 2.05) is 28.8 Å². The van der Waals surface area contributed by atoms with Crippen molar-refractivity contribution in [1.82, 2.24) is 9.88 Å². The summed E-state index contributed by atoms with van der Waals surface area (Å²) in [5.74, 6) is 0. The lowest BCUT2D eigenvalue weighted by atomic mass is 10.1. The molecule has 108 valence electrons. The van der Waals surface area contributed by atoms with Crippen molar-refractivity contribution < 1.29 is 9.90 Å². The standard InChI is InChI=1S/C16H22N2O2/c1-16(2,3)17-8-13(20)10-18-9-12(11-19)14-6-4-5-7-15(14)18/h4-7,9,11,13,17,20H,8,10H2,1-3H3/t13-/m0/s1. The van der Waals surface area contributed by atoms with Crippen molar-refractivity contribution in [1.29, 1.82) is 0 Å². The van der Waals surface area contributed by atoms with E-state index in [4.69, 9.17) is 0 Å². The molecule has 2 N–H and O–H groups in total. The Kier molecular flexibility index (Phi) is 4.26. The quantitative estimate of drug-likeness (QED) is 0.822. The molecule has 1 aromatic carbocycles. The third-order valence-corrected chi connectivity index (χ3v) is 3.22. The first-order valence-corrected chi connectivity index (χ1v) is 6.87. The number of benzene rings is 1. The molecule has 0 aliphatic heterocycles. The van der Waals surface area contributed by atoms with Crippen LogP contribution in [0, 0.1) is 0 Å². The number of aromatic nitrogens is 1. The van der Waals surface area contributed by atoms with Crippen LogP contribution in [-0.4, -0.2) is 34.1 Å². The molecule has 2 aromatic rings. The number of hydrogen-bond donors (Lipinski definition) is 2. The molecular formula is C16H22N2O2. The predicted molar refractivity (Wildman–Crippen MR) is 81.1 cm³/mol. The van der Waals surface area contributed by atoms with E-state index in [1.165, 1.54) is 0 Å². The van der Waals surface area contributed by atoms with Gasteiger partial charge in [0, 0.05) is 41.3 Å². The predicted octanol–water partition coefficient (Wildman–Crippen LogP) is 2.20. The molecule has 0 aliphatic rings. The molecule has 1 aromatic heterocycles. The van der Waals surface area contributed by atoms with Gasteiger partial charge in [-0.15, -0.1) is 0 Å². The first-order valence-electron chi connectivity index (χ1n) is 6.87. The van der Waals surface area contributed by atoms with E-state index in [-0.39, 0.29) is 5.54 Å². The summed E-state index contributed by atoms with van der Waals surface area (Å²) < 4.78 is 1.94. The number of carbonyl (C=O) groups excluding carboxylic acids is 1. The molecule has 1 heterocycles. The van der Waals surface area contributed by atoms with Crippen molar-refractivity contribution in [3.8, 4) is 0 Å². The molecule has 2 rings (SSSR count). The van der Waals surface area contributed by atoms with Crippen LogP contribution in [-0.2, 0) is 6.54 Å². The number of β-amino-alcohol motifs (C(OH)–C–C–N with tert-alkyl or cyclic N) is 1. The Balaban J connectivity index is 2.15. The average molecular weight is 274 g/mol. The van der Waals surface area contributed by atoms with Gasteiger partial charge in [0.2, 0.25) is 0 Å². The van der Waals surface area contributed by atoms with E-state index < -0.39 is 6.10 Å². The maximum absolute atomic E-state index is 11.1. The van der Waals surface area contributed by atoms with Crippen LogP contribution >= 0.6 is 0 Å². The van der Waals surface area contributed by atoms with Gasteiger partial charge in [0.1, 0.15) is 0 Å². The summed E-state index contributed by atoms with van der Waals surface area (Å²) in [5, 5.41) is 14.3. The normalized spacial score (nSPS) is 13.6. The zero-order chi connectivity index (χ0) is 14.8. The Labute approximate surface area is 119 Å². The van der Waals surface area contributed by atoms with Crippen LogP contribution in [0.15, 0.2) is 30.5 Å². The molecule has 1 atom stereocenters. The molecule has 0 amide bonds.